The van der Waals surface area contributed by atoms with Crippen molar-refractivity contribution >= 4 is 74.9 Å². The Morgan fingerprint density at radius 3 is 2.36 bits per heavy atom. The molecule has 0 aromatic heterocycles. The fourth-order valence-corrected chi connectivity index (χ4v) is 5.10. The minimum absolute atomic E-state index is 0.0193. The molecule has 0 spiro atoms. The van der Waals surface area contributed by atoms with Crippen LogP contribution in [0.2, 0.25) is 15.1 Å². The number of halogens is 6. The number of thioether (sulfide) groups is 1. The van der Waals surface area contributed by atoms with Gasteiger partial charge in [-0.1, -0.05) is 70.3 Å². The Balaban J connectivity index is 1.64. The van der Waals surface area contributed by atoms with Gasteiger partial charge in [0.2, 0.25) is 5.91 Å². The van der Waals surface area contributed by atoms with Gasteiger partial charge in [0.15, 0.2) is 0 Å². The third kappa shape index (κ3) is 5.94. The number of nitrogens with one attached hydrogen (secondary N) is 2. The van der Waals surface area contributed by atoms with Crippen LogP contribution in [0.5, 0.6) is 0 Å². The maximum atomic E-state index is 14.5. The van der Waals surface area contributed by atoms with Gasteiger partial charge in [-0.25, -0.2) is 0 Å². The van der Waals surface area contributed by atoms with Crippen LogP contribution in [0.3, 0.4) is 0 Å². The Labute approximate surface area is 241 Å². The maximum absolute atomic E-state index is 14.5. The van der Waals surface area contributed by atoms with Crippen molar-refractivity contribution in [1.29, 1.82) is 0 Å². The zero-order chi connectivity index (χ0) is 28.4. The van der Waals surface area contributed by atoms with E-state index >= 15 is 0 Å². The summed E-state index contributed by atoms with van der Waals surface area (Å²) in [6.07, 6.45) is -3.64. The van der Waals surface area contributed by atoms with E-state index in [9.17, 15) is 22.8 Å². The number of nitrogens with zero attached hydrogens (tertiary/aromatic N) is 1. The van der Waals surface area contributed by atoms with Crippen LogP contribution in [0, 0.1) is 0 Å². The van der Waals surface area contributed by atoms with Crippen LogP contribution in [-0.2, 0) is 15.2 Å². The van der Waals surface area contributed by atoms with E-state index in [0.717, 1.165) is 17.9 Å². The Morgan fingerprint density at radius 1 is 1.05 bits per heavy atom. The molecular formula is C26H21Cl3F3N3O3S. The lowest BCUT2D eigenvalue weighted by Gasteiger charge is -2.30. The van der Waals surface area contributed by atoms with Gasteiger partial charge in [-0.2, -0.15) is 24.9 Å². The van der Waals surface area contributed by atoms with Crippen LogP contribution in [0.1, 0.15) is 27.9 Å². The summed E-state index contributed by atoms with van der Waals surface area (Å²) in [6.45, 7) is 0.260. The average Bonchev–Trinajstić information content (AvgIpc) is 3.36. The summed E-state index contributed by atoms with van der Waals surface area (Å²) in [4.78, 5) is 30.0. The standard InChI is InChI=1S/C26H21Cl3F3N3O3S/c1-39-9-8-33-22(36)13-34-24(37)18-7-6-17(15-4-2-3-5-16(15)18)21-12-25(38-35-21,26(30,31)32)14-10-19(27)23(29)20(28)11-14/h2-7,10-11H,8-9,12-13H2,1H3,(H,33,36)(H,34,37). The minimum Gasteiger partial charge on any atom is -0.374 e. The third-order valence-electron chi connectivity index (χ3n) is 6.15. The molecule has 206 valence electrons. The lowest BCUT2D eigenvalue weighted by atomic mass is 9.85. The van der Waals surface area contributed by atoms with Gasteiger partial charge >= 0.3 is 6.18 Å². The van der Waals surface area contributed by atoms with Crippen molar-refractivity contribution in [1.82, 2.24) is 10.6 Å². The van der Waals surface area contributed by atoms with Gasteiger partial charge in [-0.05, 0) is 35.2 Å². The Morgan fingerprint density at radius 2 is 1.72 bits per heavy atom. The molecule has 3 aromatic carbocycles. The predicted molar refractivity (Wildman–Crippen MR) is 149 cm³/mol. The molecule has 6 nitrogen and oxygen atoms in total. The molecular weight excluding hydrogens is 598 g/mol. The van der Waals surface area contributed by atoms with E-state index in [2.05, 4.69) is 15.8 Å². The third-order valence-corrected chi connectivity index (χ3v) is 7.96. The van der Waals surface area contributed by atoms with Crippen molar-refractivity contribution in [2.45, 2.75) is 18.2 Å². The number of fused-ring (bicyclic) bond motifs is 1. The number of carbonyl (C=O) groups is 2. The zero-order valence-electron chi connectivity index (χ0n) is 20.3. The van der Waals surface area contributed by atoms with Crippen LogP contribution in [-0.4, -0.2) is 48.8 Å². The summed E-state index contributed by atoms with van der Waals surface area (Å²) < 4.78 is 43.4. The summed E-state index contributed by atoms with van der Waals surface area (Å²) in [6, 6.07) is 11.8. The normalized spacial score (nSPS) is 17.1. The van der Waals surface area contributed by atoms with Gasteiger partial charge in [0.25, 0.3) is 11.5 Å². The largest absolute Gasteiger partial charge is 0.435 e. The van der Waals surface area contributed by atoms with Crippen LogP contribution in [0.15, 0.2) is 53.7 Å². The molecule has 4 rings (SSSR count). The maximum Gasteiger partial charge on any atom is 0.435 e. The van der Waals surface area contributed by atoms with E-state index < -0.39 is 24.1 Å². The van der Waals surface area contributed by atoms with Gasteiger partial charge in [-0.3, -0.25) is 9.59 Å². The Bertz CT molecular complexity index is 1450. The minimum atomic E-state index is -4.88. The van der Waals surface area contributed by atoms with E-state index in [-0.39, 0.29) is 44.4 Å². The summed E-state index contributed by atoms with van der Waals surface area (Å²) >= 11 is 19.6. The number of amides is 2. The summed E-state index contributed by atoms with van der Waals surface area (Å²) in [7, 11) is 0. The van der Waals surface area contributed by atoms with Crippen molar-refractivity contribution in [2.24, 2.45) is 5.16 Å². The second-order valence-electron chi connectivity index (χ2n) is 8.62. The number of rotatable bonds is 8. The summed E-state index contributed by atoms with van der Waals surface area (Å²) in [5.41, 5.74) is -2.56. The molecule has 1 heterocycles. The molecule has 2 N–H and O–H groups in total. The molecule has 0 saturated heterocycles. The van der Waals surface area contributed by atoms with E-state index in [1.54, 1.807) is 36.0 Å². The first kappa shape index (κ1) is 29.3. The van der Waals surface area contributed by atoms with Crippen molar-refractivity contribution in [2.75, 3.05) is 25.1 Å². The molecule has 0 aliphatic carbocycles. The monoisotopic (exact) mass is 617 g/mol. The van der Waals surface area contributed by atoms with Crippen LogP contribution in [0.25, 0.3) is 10.8 Å². The molecule has 1 unspecified atom stereocenters. The van der Waals surface area contributed by atoms with Crippen LogP contribution < -0.4 is 10.6 Å². The first-order valence-electron chi connectivity index (χ1n) is 11.5. The lowest BCUT2D eigenvalue weighted by Crippen LogP contribution is -2.42. The van der Waals surface area contributed by atoms with Crippen molar-refractivity contribution in [3.05, 3.63) is 80.3 Å². The zero-order valence-corrected chi connectivity index (χ0v) is 23.4. The number of carbonyl (C=O) groups excluding carboxylic acids is 2. The SMILES string of the molecule is CSCCNC(=O)CNC(=O)c1ccc(C2=NOC(c3cc(Cl)c(Cl)c(Cl)c3)(C(F)(F)F)C2)c2ccccc12. The number of hydrogen-bond donors (Lipinski definition) is 2. The van der Waals surface area contributed by atoms with E-state index in [0.29, 0.717) is 22.9 Å². The fourth-order valence-electron chi connectivity index (χ4n) is 4.20. The molecule has 0 bridgehead atoms. The highest BCUT2D eigenvalue weighted by atomic mass is 35.5. The number of alkyl halides is 3. The van der Waals surface area contributed by atoms with Gasteiger partial charge in [-0.15, -0.1) is 0 Å². The average molecular weight is 619 g/mol. The lowest BCUT2D eigenvalue weighted by molar-refractivity contribution is -0.275. The van der Waals surface area contributed by atoms with Crippen molar-refractivity contribution < 1.29 is 27.6 Å². The smallest absolute Gasteiger partial charge is 0.374 e. The predicted octanol–water partition coefficient (Wildman–Crippen LogP) is 6.59. The fraction of sp³-hybridized carbons (Fsp3) is 0.269. The summed E-state index contributed by atoms with van der Waals surface area (Å²) in [5, 5.41) is 9.68. The number of hydrogen-bond acceptors (Lipinski definition) is 5. The molecule has 13 heteroatoms. The second kappa shape index (κ2) is 11.8. The van der Waals surface area contributed by atoms with E-state index in [1.165, 1.54) is 12.1 Å². The van der Waals surface area contributed by atoms with Gasteiger partial charge in [0.05, 0.1) is 27.3 Å². The quantitative estimate of drug-likeness (QED) is 0.221. The molecule has 0 saturated carbocycles. The molecule has 0 radical (unpaired) electrons. The Hall–Kier alpha value is -2.66. The molecule has 1 aliphatic rings. The molecule has 1 atom stereocenters. The van der Waals surface area contributed by atoms with Crippen LogP contribution in [0.4, 0.5) is 13.2 Å². The molecule has 0 fully saturated rings. The van der Waals surface area contributed by atoms with E-state index in [1.807, 2.05) is 6.26 Å². The van der Waals surface area contributed by atoms with Crippen LogP contribution >= 0.6 is 46.6 Å². The van der Waals surface area contributed by atoms with Crippen molar-refractivity contribution in [3.63, 3.8) is 0 Å². The number of benzene rings is 3. The second-order valence-corrected chi connectivity index (χ2v) is 10.8. The molecule has 3 aromatic rings. The van der Waals surface area contributed by atoms with Gasteiger partial charge in [0, 0.05) is 35.4 Å². The summed E-state index contributed by atoms with van der Waals surface area (Å²) in [5.74, 6) is -0.0910. The molecule has 2 amide bonds. The Kier molecular flexibility index (Phi) is 8.90. The van der Waals surface area contributed by atoms with Gasteiger partial charge in [0.1, 0.15) is 0 Å². The topological polar surface area (TPSA) is 79.8 Å². The highest BCUT2D eigenvalue weighted by molar-refractivity contribution is 7.98. The first-order chi connectivity index (χ1) is 18.5. The van der Waals surface area contributed by atoms with Crippen molar-refractivity contribution in [3.8, 4) is 0 Å². The first-order valence-corrected chi connectivity index (χ1v) is 14.0. The number of oxime groups is 1. The van der Waals surface area contributed by atoms with E-state index in [4.69, 9.17) is 39.6 Å². The van der Waals surface area contributed by atoms with Gasteiger partial charge < -0.3 is 15.5 Å². The highest BCUT2D eigenvalue weighted by Gasteiger charge is 2.62. The highest BCUT2D eigenvalue weighted by Crippen LogP contribution is 2.51. The molecule has 1 aliphatic heterocycles. The molecule has 39 heavy (non-hydrogen) atoms.